The fourth-order valence-corrected chi connectivity index (χ4v) is 0. The molecule has 1 radical (unpaired) electrons. The Hall–Kier alpha value is -0.640. The van der Waals surface area contributed by atoms with Crippen LogP contribution in [0.1, 0.15) is 6.92 Å². The van der Waals surface area contributed by atoms with Crippen LogP contribution < -0.4 is 0 Å². The van der Waals surface area contributed by atoms with Gasteiger partial charge >= 0.3 is 0 Å². The third kappa shape index (κ3) is 3.36. The maximum absolute atomic E-state index is 8.03. The van der Waals surface area contributed by atoms with Crippen molar-refractivity contribution in [2.75, 3.05) is 0 Å². The average molecular weight is 81.1 g/mol. The van der Waals surface area contributed by atoms with E-state index < -0.39 is 5.41 Å². The minimum absolute atomic E-state index is 0.653. The molecule has 0 spiro atoms. The molecule has 0 aromatic carbocycles. The van der Waals surface area contributed by atoms with Crippen molar-refractivity contribution in [2.24, 2.45) is 5.41 Å². The second-order valence-corrected chi connectivity index (χ2v) is 1.67. The zero-order valence-corrected chi connectivity index (χ0v) is 3.86. The molecular formula is C5H7N+. The first kappa shape index (κ1) is 5.36. The van der Waals surface area contributed by atoms with Gasteiger partial charge in [0.15, 0.2) is 5.41 Å². The fourth-order valence-electron chi connectivity index (χ4n) is 0. The van der Waals surface area contributed by atoms with Crippen molar-refractivity contribution in [3.63, 3.8) is 0 Å². The summed E-state index contributed by atoms with van der Waals surface area (Å²) in [4.78, 5) is 0. The Morgan fingerprint density at radius 2 is 2.17 bits per heavy atom. The topological polar surface area (TPSA) is 23.8 Å². The van der Waals surface area contributed by atoms with Crippen LogP contribution in [-0.4, -0.2) is 0 Å². The Bertz CT molecular complexity index is 70.9. The highest BCUT2D eigenvalue weighted by atomic mass is 14.3. The van der Waals surface area contributed by atoms with Crippen molar-refractivity contribution >= 4 is 0 Å². The molecule has 31 valence electrons. The molecule has 0 saturated carbocycles. The lowest BCUT2D eigenvalue weighted by molar-refractivity contribution is 0.725. The lowest BCUT2D eigenvalue weighted by atomic mass is 10.0. The molecule has 0 aliphatic heterocycles. The monoisotopic (exact) mass is 81.1 g/mol. The Kier molecular flexibility index (Phi) is 1.09. The summed E-state index contributed by atoms with van der Waals surface area (Å²) in [6, 6.07) is 1.88. The normalized spacial score (nSPS) is 10.2. The molecule has 0 heterocycles. The van der Waals surface area contributed by atoms with Gasteiger partial charge in [-0.05, 0) is 6.92 Å². The van der Waals surface area contributed by atoms with Crippen molar-refractivity contribution in [3.05, 3.63) is 13.8 Å². The summed E-state index contributed by atoms with van der Waals surface area (Å²) < 4.78 is 0. The molecule has 0 aliphatic rings. The van der Waals surface area contributed by atoms with Crippen LogP contribution in [0, 0.1) is 30.6 Å². The Morgan fingerprint density at radius 1 is 2.00 bits per heavy atom. The van der Waals surface area contributed by atoms with E-state index in [0.717, 1.165) is 0 Å². The van der Waals surface area contributed by atoms with E-state index in [1.54, 1.807) is 6.92 Å². The highest BCUT2D eigenvalue weighted by Gasteiger charge is 2.14. The van der Waals surface area contributed by atoms with E-state index in [-0.39, 0.29) is 0 Å². The maximum Gasteiger partial charge on any atom is 0.187 e. The summed E-state index contributed by atoms with van der Waals surface area (Å²) in [6.07, 6.45) is 0. The van der Waals surface area contributed by atoms with Gasteiger partial charge in [0, 0.05) is 6.92 Å². The molecule has 0 aromatic rings. The van der Waals surface area contributed by atoms with Gasteiger partial charge in [-0.15, -0.1) is 0 Å². The number of nitrogens with zero attached hydrogens (tertiary/aromatic N) is 1. The van der Waals surface area contributed by atoms with Gasteiger partial charge in [0.25, 0.3) is 0 Å². The van der Waals surface area contributed by atoms with E-state index in [1.807, 2.05) is 6.07 Å². The lowest BCUT2D eigenvalue weighted by Gasteiger charge is -1.91. The molecule has 0 atom stereocenters. The summed E-state index contributed by atoms with van der Waals surface area (Å²) >= 11 is 0. The minimum Gasteiger partial charge on any atom is -0.193 e. The third-order valence-corrected chi connectivity index (χ3v) is 0.270. The molecule has 0 fully saturated rings. The Morgan fingerprint density at radius 3 is 2.17 bits per heavy atom. The molecule has 1 heteroatoms. The average Bonchev–Trinajstić information content (AvgIpc) is 1.35. The Balaban J connectivity index is 3.55. The minimum atomic E-state index is -0.653. The van der Waals surface area contributed by atoms with Crippen LogP contribution in [0.15, 0.2) is 0 Å². The molecule has 0 rings (SSSR count). The summed E-state index contributed by atoms with van der Waals surface area (Å²) in [5, 5.41) is 8.03. The first-order valence-electron chi connectivity index (χ1n) is 1.68. The SMILES string of the molecule is [CH2]C([CH2+])(C)C#N. The largest absolute Gasteiger partial charge is 0.193 e. The molecule has 0 bridgehead atoms. The zero-order valence-electron chi connectivity index (χ0n) is 3.86. The van der Waals surface area contributed by atoms with Gasteiger partial charge in [0.2, 0.25) is 0 Å². The van der Waals surface area contributed by atoms with Crippen LogP contribution in [0.3, 0.4) is 0 Å². The Labute approximate surface area is 38.6 Å². The van der Waals surface area contributed by atoms with Crippen molar-refractivity contribution in [2.45, 2.75) is 6.92 Å². The third-order valence-electron chi connectivity index (χ3n) is 0.270. The van der Waals surface area contributed by atoms with Crippen LogP contribution in [-0.2, 0) is 0 Å². The molecule has 0 unspecified atom stereocenters. The van der Waals surface area contributed by atoms with Crippen LogP contribution in [0.2, 0.25) is 0 Å². The second kappa shape index (κ2) is 1.22. The number of hydrogen-bond donors (Lipinski definition) is 0. The second-order valence-electron chi connectivity index (χ2n) is 1.67. The number of rotatable bonds is 0. The van der Waals surface area contributed by atoms with Crippen molar-refractivity contribution in [3.8, 4) is 6.07 Å². The van der Waals surface area contributed by atoms with Gasteiger partial charge in [0.1, 0.15) is 6.07 Å². The van der Waals surface area contributed by atoms with Crippen molar-refractivity contribution < 1.29 is 0 Å². The van der Waals surface area contributed by atoms with E-state index in [0.29, 0.717) is 0 Å². The summed E-state index contributed by atoms with van der Waals surface area (Å²) in [7, 11) is 0. The predicted octanol–water partition coefficient (Wildman–Crippen LogP) is 1.18. The van der Waals surface area contributed by atoms with Crippen LogP contribution >= 0.6 is 0 Å². The molecule has 0 amide bonds. The van der Waals surface area contributed by atoms with Gasteiger partial charge in [-0.1, -0.05) is 0 Å². The maximum atomic E-state index is 8.03. The van der Waals surface area contributed by atoms with Crippen molar-refractivity contribution in [1.82, 2.24) is 0 Å². The number of nitriles is 1. The molecule has 0 aromatic heterocycles. The first-order valence-corrected chi connectivity index (χ1v) is 1.68. The van der Waals surface area contributed by atoms with E-state index in [9.17, 15) is 0 Å². The van der Waals surface area contributed by atoms with E-state index in [2.05, 4.69) is 13.8 Å². The smallest absolute Gasteiger partial charge is 0.187 e. The predicted molar refractivity (Wildman–Crippen MR) is 24.4 cm³/mol. The molecule has 0 saturated heterocycles. The first-order chi connectivity index (χ1) is 2.56. The lowest BCUT2D eigenvalue weighted by Crippen LogP contribution is -1.98. The molecule has 0 aliphatic carbocycles. The summed E-state index contributed by atoms with van der Waals surface area (Å²) in [5.41, 5.74) is -0.653. The quantitative estimate of drug-likeness (QED) is 0.402. The highest BCUT2D eigenvalue weighted by Crippen LogP contribution is 2.06. The fraction of sp³-hybridized carbons (Fsp3) is 0.400. The van der Waals surface area contributed by atoms with E-state index in [1.165, 1.54) is 0 Å². The van der Waals surface area contributed by atoms with E-state index in [4.69, 9.17) is 5.26 Å². The molecule has 1 nitrogen and oxygen atoms in total. The molecule has 0 N–H and O–H groups in total. The highest BCUT2D eigenvalue weighted by molar-refractivity contribution is 4.99. The zero-order chi connectivity index (χ0) is 5.21. The number of hydrogen-bond acceptors (Lipinski definition) is 1. The van der Waals surface area contributed by atoms with Crippen molar-refractivity contribution in [1.29, 1.82) is 5.26 Å². The van der Waals surface area contributed by atoms with Gasteiger partial charge in [-0.3, -0.25) is 0 Å². The van der Waals surface area contributed by atoms with Gasteiger partial charge < -0.3 is 0 Å². The standard InChI is InChI=1S/C5H7N/c1-5(2,3)4-6/h1-2H2,3H3/q+1. The molecular weight excluding hydrogens is 74.1 g/mol. The van der Waals surface area contributed by atoms with E-state index >= 15 is 0 Å². The van der Waals surface area contributed by atoms with Crippen LogP contribution in [0.25, 0.3) is 0 Å². The molecule has 6 heavy (non-hydrogen) atoms. The van der Waals surface area contributed by atoms with Crippen LogP contribution in [0.4, 0.5) is 0 Å². The van der Waals surface area contributed by atoms with Crippen LogP contribution in [0.5, 0.6) is 0 Å². The summed E-state index contributed by atoms with van der Waals surface area (Å²) in [6.45, 7) is 8.49. The summed E-state index contributed by atoms with van der Waals surface area (Å²) in [5.74, 6) is 0. The van der Waals surface area contributed by atoms with Gasteiger partial charge in [-0.2, -0.15) is 5.26 Å². The van der Waals surface area contributed by atoms with Gasteiger partial charge in [-0.25, -0.2) is 0 Å². The van der Waals surface area contributed by atoms with Gasteiger partial charge in [0.05, 0.1) is 6.92 Å².